The fourth-order valence-electron chi connectivity index (χ4n) is 8.17. The zero-order chi connectivity index (χ0) is 57.3. The van der Waals surface area contributed by atoms with Crippen LogP contribution >= 0.6 is 7.82 Å². The number of phosphoric ester groups is 1. The second kappa shape index (κ2) is 63.1. The van der Waals surface area contributed by atoms with E-state index in [1.54, 1.807) is 0 Å². The molecule has 0 aliphatic heterocycles. The summed E-state index contributed by atoms with van der Waals surface area (Å²) in [6.07, 6.45) is 90.5. The molecule has 3 N–H and O–H groups in total. The summed E-state index contributed by atoms with van der Waals surface area (Å²) < 4.78 is 33.1. The van der Waals surface area contributed by atoms with Crippen LogP contribution in [0.4, 0.5) is 0 Å². The Labute approximate surface area is 484 Å². The molecule has 0 aliphatic rings. The van der Waals surface area contributed by atoms with Crippen molar-refractivity contribution in [2.75, 3.05) is 26.4 Å². The van der Waals surface area contributed by atoms with Crippen LogP contribution in [-0.2, 0) is 32.7 Å². The molecule has 0 aliphatic carbocycles. The number of carbonyl (C=O) groups excluding carboxylic acids is 2. The Bertz CT molecular complexity index is 1800. The average molecular weight is 1120 g/mol. The molecule has 9 nitrogen and oxygen atoms in total. The normalized spacial score (nSPS) is 14.0. The van der Waals surface area contributed by atoms with Crippen molar-refractivity contribution in [1.82, 2.24) is 0 Å². The van der Waals surface area contributed by atoms with Crippen LogP contribution in [0.25, 0.3) is 0 Å². The molecular formula is C69H114NO8P. The van der Waals surface area contributed by atoms with Crippen LogP contribution in [0.1, 0.15) is 245 Å². The summed E-state index contributed by atoms with van der Waals surface area (Å²) in [5.74, 6) is -0.844. The third kappa shape index (κ3) is 62.9. The minimum atomic E-state index is -4.40. The number of nitrogens with two attached hydrogens (primary N) is 1. The predicted octanol–water partition coefficient (Wildman–Crippen LogP) is 20.3. The van der Waals surface area contributed by atoms with Gasteiger partial charge in [0.15, 0.2) is 6.10 Å². The number of phosphoric acid groups is 1. The highest BCUT2D eigenvalue weighted by molar-refractivity contribution is 7.47. The number of esters is 2. The van der Waals surface area contributed by atoms with Crippen LogP contribution in [0.3, 0.4) is 0 Å². The molecule has 0 amide bonds. The van der Waals surface area contributed by atoms with Crippen molar-refractivity contribution in [2.45, 2.75) is 251 Å². The van der Waals surface area contributed by atoms with E-state index in [2.05, 4.69) is 160 Å². The zero-order valence-corrected chi connectivity index (χ0v) is 50.9. The maximum Gasteiger partial charge on any atom is 0.472 e. The van der Waals surface area contributed by atoms with Gasteiger partial charge in [-0.25, -0.2) is 4.57 Å². The lowest BCUT2D eigenvalue weighted by atomic mass is 10.0. The zero-order valence-electron chi connectivity index (χ0n) is 50.0. The molecule has 0 aromatic heterocycles. The maximum absolute atomic E-state index is 12.7. The Kier molecular flexibility index (Phi) is 59.8. The van der Waals surface area contributed by atoms with Gasteiger partial charge in [0.05, 0.1) is 13.2 Å². The quantitative estimate of drug-likeness (QED) is 0.0264. The highest BCUT2D eigenvalue weighted by Crippen LogP contribution is 2.43. The predicted molar refractivity (Wildman–Crippen MR) is 339 cm³/mol. The first kappa shape index (κ1) is 74.9. The number of allylic oxidation sites excluding steroid dienone is 24. The van der Waals surface area contributed by atoms with E-state index in [4.69, 9.17) is 24.3 Å². The second-order valence-electron chi connectivity index (χ2n) is 20.2. The van der Waals surface area contributed by atoms with Gasteiger partial charge in [-0.15, -0.1) is 0 Å². The van der Waals surface area contributed by atoms with E-state index in [9.17, 15) is 19.0 Å². The number of unbranched alkanes of at least 4 members (excludes halogenated alkanes) is 20. The monoisotopic (exact) mass is 1120 g/mol. The molecule has 0 saturated carbocycles. The summed E-state index contributed by atoms with van der Waals surface area (Å²) in [6, 6.07) is 0. The number of ether oxygens (including phenoxy) is 2. The lowest BCUT2D eigenvalue weighted by molar-refractivity contribution is -0.161. The molecule has 0 fully saturated rings. The van der Waals surface area contributed by atoms with E-state index < -0.39 is 32.5 Å². The third-order valence-corrected chi connectivity index (χ3v) is 13.7. The van der Waals surface area contributed by atoms with Gasteiger partial charge in [-0.1, -0.05) is 262 Å². The molecule has 10 heteroatoms. The summed E-state index contributed by atoms with van der Waals surface area (Å²) in [5.41, 5.74) is 5.39. The molecule has 79 heavy (non-hydrogen) atoms. The number of carbonyl (C=O) groups is 2. The van der Waals surface area contributed by atoms with Crippen molar-refractivity contribution in [3.63, 3.8) is 0 Å². The highest BCUT2D eigenvalue weighted by atomic mass is 31.2. The molecule has 0 heterocycles. The first-order valence-electron chi connectivity index (χ1n) is 31.3. The Morgan fingerprint density at radius 1 is 0.380 bits per heavy atom. The van der Waals surface area contributed by atoms with Gasteiger partial charge in [0, 0.05) is 19.4 Å². The molecule has 0 aromatic rings. The largest absolute Gasteiger partial charge is 0.472 e. The van der Waals surface area contributed by atoms with Crippen molar-refractivity contribution < 1.29 is 37.6 Å². The van der Waals surface area contributed by atoms with E-state index in [1.165, 1.54) is 77.0 Å². The van der Waals surface area contributed by atoms with Gasteiger partial charge in [0.25, 0.3) is 0 Å². The highest BCUT2D eigenvalue weighted by Gasteiger charge is 2.26. The SMILES string of the molecule is CC/C=C\C/C=C\C/C=C\C/C=C\C/C=C\C/C=C\C/C=C\C/C=C\CCCCCCCCCCCCC(=O)OC(COC(=O)CCCCCCCCCCCC/C=C\C/C=C\C/C=C\C/C=C\CC)COP(=O)(O)OCCN. The number of rotatable bonds is 57. The average Bonchev–Trinajstić information content (AvgIpc) is 3.44. The van der Waals surface area contributed by atoms with Crippen molar-refractivity contribution in [1.29, 1.82) is 0 Å². The summed E-state index contributed by atoms with van der Waals surface area (Å²) >= 11 is 0. The van der Waals surface area contributed by atoms with E-state index >= 15 is 0 Å². The Morgan fingerprint density at radius 2 is 0.658 bits per heavy atom. The Hall–Kier alpha value is -4.11. The van der Waals surface area contributed by atoms with Crippen LogP contribution in [0.2, 0.25) is 0 Å². The van der Waals surface area contributed by atoms with Crippen molar-refractivity contribution >= 4 is 19.8 Å². The molecule has 0 rings (SSSR count). The maximum atomic E-state index is 12.7. The Morgan fingerprint density at radius 3 is 0.975 bits per heavy atom. The van der Waals surface area contributed by atoms with Gasteiger partial charge in [-0.3, -0.25) is 18.6 Å². The summed E-state index contributed by atoms with van der Waals surface area (Å²) in [4.78, 5) is 35.3. The topological polar surface area (TPSA) is 134 Å². The standard InChI is InChI=1S/C69H114NO8P/c1-3-5-7-9-11-13-15-17-19-21-23-25-27-28-29-30-31-32-33-34-35-36-37-38-40-42-44-46-48-50-52-54-56-58-60-62-69(72)78-67(66-77-79(73,74)76-64-63-70)65-75-68(71)61-59-57-55-53-51-49-47-45-43-41-39-26-24-22-20-18-16-14-12-10-8-6-4-2/h5-8,11-14,17-20,23-26,28-29,31-32,34-35,37-38,67H,3-4,9-10,15-16,21-22,27,30,33,36,39-66,70H2,1-2H3,(H,73,74)/b7-5-,8-6-,13-11-,14-12-,19-17-,20-18-,25-23-,26-24-,29-28-,32-31-,35-34-,38-37-. The molecule has 0 aromatic carbocycles. The smallest absolute Gasteiger partial charge is 0.462 e. The van der Waals surface area contributed by atoms with Crippen LogP contribution in [0.5, 0.6) is 0 Å². The lowest BCUT2D eigenvalue weighted by Crippen LogP contribution is -2.29. The lowest BCUT2D eigenvalue weighted by Gasteiger charge is -2.19. The van der Waals surface area contributed by atoms with Gasteiger partial charge in [-0.05, 0) is 116 Å². The molecule has 0 bridgehead atoms. The van der Waals surface area contributed by atoms with E-state index in [0.29, 0.717) is 6.42 Å². The van der Waals surface area contributed by atoms with Crippen LogP contribution in [0, 0.1) is 0 Å². The van der Waals surface area contributed by atoms with Gasteiger partial charge in [-0.2, -0.15) is 0 Å². The molecule has 2 atom stereocenters. The van der Waals surface area contributed by atoms with Crippen LogP contribution < -0.4 is 5.73 Å². The van der Waals surface area contributed by atoms with Crippen LogP contribution in [-0.4, -0.2) is 49.3 Å². The molecule has 2 unspecified atom stereocenters. The van der Waals surface area contributed by atoms with E-state index in [0.717, 1.165) is 135 Å². The minimum Gasteiger partial charge on any atom is -0.462 e. The van der Waals surface area contributed by atoms with Crippen LogP contribution in [0.15, 0.2) is 146 Å². The number of hydrogen-bond acceptors (Lipinski definition) is 8. The fraction of sp³-hybridized carbons (Fsp3) is 0.623. The first-order valence-corrected chi connectivity index (χ1v) is 32.8. The molecule has 0 saturated heterocycles. The van der Waals surface area contributed by atoms with Gasteiger partial charge in [0.2, 0.25) is 0 Å². The van der Waals surface area contributed by atoms with E-state index in [-0.39, 0.29) is 32.6 Å². The fourth-order valence-corrected chi connectivity index (χ4v) is 8.94. The third-order valence-electron chi connectivity index (χ3n) is 12.7. The molecule has 0 radical (unpaired) electrons. The summed E-state index contributed by atoms with van der Waals surface area (Å²) in [7, 11) is -4.40. The molecule has 448 valence electrons. The van der Waals surface area contributed by atoms with Gasteiger partial charge in [0.1, 0.15) is 6.61 Å². The van der Waals surface area contributed by atoms with E-state index in [1.807, 2.05) is 0 Å². The molecule has 0 spiro atoms. The Balaban J connectivity index is 4.00. The molecular weight excluding hydrogens is 1000 g/mol. The second-order valence-corrected chi connectivity index (χ2v) is 21.6. The summed E-state index contributed by atoms with van der Waals surface area (Å²) in [5, 5.41) is 0. The summed E-state index contributed by atoms with van der Waals surface area (Å²) in [6.45, 7) is 3.50. The van der Waals surface area contributed by atoms with Crippen molar-refractivity contribution in [2.24, 2.45) is 5.73 Å². The van der Waals surface area contributed by atoms with Gasteiger partial charge >= 0.3 is 19.8 Å². The first-order chi connectivity index (χ1) is 38.8. The van der Waals surface area contributed by atoms with Crippen molar-refractivity contribution in [3.8, 4) is 0 Å². The van der Waals surface area contributed by atoms with Gasteiger partial charge < -0.3 is 20.1 Å². The minimum absolute atomic E-state index is 0.0450. The van der Waals surface area contributed by atoms with Crippen molar-refractivity contribution in [3.05, 3.63) is 146 Å². The number of hydrogen-bond donors (Lipinski definition) is 2.